The van der Waals surface area contributed by atoms with Gasteiger partial charge in [0, 0.05) is 22.2 Å². The number of nitro benzene ring substituents is 2. The minimum absolute atomic E-state index is 0.195. The highest BCUT2D eigenvalue weighted by molar-refractivity contribution is 7.85. The molecule has 0 aliphatic rings. The van der Waals surface area contributed by atoms with Crippen LogP contribution < -0.4 is 0 Å². The summed E-state index contributed by atoms with van der Waals surface area (Å²) in [5.74, 6) is -1.88. The van der Waals surface area contributed by atoms with Crippen molar-refractivity contribution in [3.63, 3.8) is 0 Å². The summed E-state index contributed by atoms with van der Waals surface area (Å²) >= 11 is 11.4. The number of rotatable bonds is 4. The number of hydrogen-bond acceptors (Lipinski definition) is 7. The molecule has 0 heterocycles. The largest absolute Gasteiger partial charge is 0.501 e. The Labute approximate surface area is 145 Å². The first-order valence-electron chi connectivity index (χ1n) is 5.89. The molecular weight excluding hydrogens is 387 g/mol. The van der Waals surface area contributed by atoms with Gasteiger partial charge in [0.15, 0.2) is 0 Å². The molecule has 0 saturated carbocycles. The molecule has 0 aliphatic heterocycles. The van der Waals surface area contributed by atoms with E-state index in [0.717, 1.165) is 24.3 Å². The fourth-order valence-electron chi connectivity index (χ4n) is 1.80. The number of hydrogen-bond donors (Lipinski definition) is 2. The lowest BCUT2D eigenvalue weighted by Gasteiger charge is -2.08. The van der Waals surface area contributed by atoms with E-state index >= 15 is 0 Å². The summed E-state index contributed by atoms with van der Waals surface area (Å²) in [6.45, 7) is 0. The maximum Gasteiger partial charge on any atom is 0.313 e. The summed E-state index contributed by atoms with van der Waals surface area (Å²) in [7, 11) is -2.42. The summed E-state index contributed by atoms with van der Waals surface area (Å²) in [4.78, 5) is 18.9. The average Bonchev–Trinajstić information content (AvgIpc) is 2.49. The number of nitrogens with zero attached hydrogens (tertiary/aromatic N) is 2. The Morgan fingerprint density at radius 2 is 1.17 bits per heavy atom. The number of benzene rings is 2. The van der Waals surface area contributed by atoms with E-state index < -0.39 is 53.3 Å². The molecule has 12 heteroatoms. The summed E-state index contributed by atoms with van der Waals surface area (Å²) in [5.41, 5.74) is -1.61. The molecular formula is C12H6Cl2N2O7S. The number of phenols is 2. The van der Waals surface area contributed by atoms with Crippen LogP contribution in [0, 0.1) is 20.2 Å². The first-order chi connectivity index (χ1) is 11.1. The van der Waals surface area contributed by atoms with Gasteiger partial charge in [-0.15, -0.1) is 0 Å². The fourth-order valence-corrected chi connectivity index (χ4v) is 3.62. The Morgan fingerprint density at radius 1 is 0.833 bits per heavy atom. The highest BCUT2D eigenvalue weighted by atomic mass is 35.5. The molecule has 126 valence electrons. The predicted octanol–water partition coefficient (Wildman–Crippen LogP) is 3.39. The molecule has 0 bridgehead atoms. The number of aromatic hydroxyl groups is 2. The highest BCUT2D eigenvalue weighted by Crippen LogP contribution is 2.41. The molecule has 24 heavy (non-hydrogen) atoms. The Balaban J connectivity index is 2.71. The molecule has 2 N–H and O–H groups in total. The molecule has 9 nitrogen and oxygen atoms in total. The zero-order chi connectivity index (χ0) is 18.2. The first kappa shape index (κ1) is 17.9. The van der Waals surface area contributed by atoms with Gasteiger partial charge in [-0.2, -0.15) is 0 Å². The summed E-state index contributed by atoms with van der Waals surface area (Å²) < 4.78 is 12.6. The van der Waals surface area contributed by atoms with Crippen LogP contribution in [0.1, 0.15) is 0 Å². The van der Waals surface area contributed by atoms with Crippen molar-refractivity contribution in [3.8, 4) is 11.5 Å². The van der Waals surface area contributed by atoms with E-state index in [4.69, 9.17) is 23.2 Å². The van der Waals surface area contributed by atoms with Gasteiger partial charge in [-0.1, -0.05) is 23.2 Å². The van der Waals surface area contributed by atoms with E-state index in [1.165, 1.54) is 0 Å². The van der Waals surface area contributed by atoms with Gasteiger partial charge < -0.3 is 10.2 Å². The van der Waals surface area contributed by atoms with Gasteiger partial charge in [0.25, 0.3) is 0 Å². The van der Waals surface area contributed by atoms with Gasteiger partial charge in [0.1, 0.15) is 0 Å². The number of nitro groups is 2. The molecule has 0 radical (unpaired) electrons. The molecule has 2 aromatic rings. The van der Waals surface area contributed by atoms with Crippen LogP contribution in [0.3, 0.4) is 0 Å². The molecule has 0 aliphatic carbocycles. The van der Waals surface area contributed by atoms with Gasteiger partial charge in [0.05, 0.1) is 30.4 Å². The van der Waals surface area contributed by atoms with E-state index in [1.54, 1.807) is 0 Å². The average molecular weight is 393 g/mol. The lowest BCUT2D eigenvalue weighted by Crippen LogP contribution is -1.99. The van der Waals surface area contributed by atoms with Gasteiger partial charge in [-0.25, -0.2) is 4.21 Å². The van der Waals surface area contributed by atoms with Crippen molar-refractivity contribution < 1.29 is 24.3 Å². The monoisotopic (exact) mass is 392 g/mol. The second kappa shape index (κ2) is 6.59. The second-order valence-corrected chi connectivity index (χ2v) is 6.62. The third-order valence-corrected chi connectivity index (χ3v) is 4.69. The summed E-state index contributed by atoms with van der Waals surface area (Å²) in [6, 6.07) is 3.65. The molecule has 0 saturated heterocycles. The molecule has 2 rings (SSSR count). The van der Waals surface area contributed by atoms with Crippen LogP contribution >= 0.6 is 23.2 Å². The first-order valence-corrected chi connectivity index (χ1v) is 7.79. The molecule has 2 aromatic carbocycles. The zero-order valence-corrected chi connectivity index (χ0v) is 13.6. The summed E-state index contributed by atoms with van der Waals surface area (Å²) in [6.07, 6.45) is 0. The minimum Gasteiger partial charge on any atom is -0.501 e. The number of phenolic OH excluding ortho intramolecular Hbond substituents is 2. The summed E-state index contributed by atoms with van der Waals surface area (Å²) in [5, 5.41) is 41.2. The van der Waals surface area contributed by atoms with Gasteiger partial charge in [0.2, 0.25) is 11.5 Å². The maximum absolute atomic E-state index is 12.6. The van der Waals surface area contributed by atoms with Crippen LogP contribution in [0.25, 0.3) is 0 Å². The van der Waals surface area contributed by atoms with Crippen molar-refractivity contribution in [2.24, 2.45) is 0 Å². The number of halogens is 2. The van der Waals surface area contributed by atoms with Gasteiger partial charge in [-0.3, -0.25) is 20.2 Å². The molecule has 0 atom stereocenters. The lowest BCUT2D eigenvalue weighted by atomic mass is 10.3. The Kier molecular flexibility index (Phi) is 4.92. The van der Waals surface area contributed by atoms with Crippen LogP contribution in [-0.4, -0.2) is 24.3 Å². The molecule has 0 spiro atoms. The van der Waals surface area contributed by atoms with Crippen molar-refractivity contribution in [2.75, 3.05) is 0 Å². The van der Waals surface area contributed by atoms with E-state index in [-0.39, 0.29) is 10.0 Å². The van der Waals surface area contributed by atoms with Crippen molar-refractivity contribution in [1.82, 2.24) is 0 Å². The quantitative estimate of drug-likeness (QED) is 0.598. The van der Waals surface area contributed by atoms with Gasteiger partial charge in [-0.05, 0) is 12.1 Å². The fraction of sp³-hybridized carbons (Fsp3) is 0. The van der Waals surface area contributed by atoms with Crippen LogP contribution in [0.4, 0.5) is 11.4 Å². The van der Waals surface area contributed by atoms with Gasteiger partial charge >= 0.3 is 11.4 Å². The SMILES string of the molecule is O=[N+]([O-])c1cc(Cl)cc(S(=O)c2cc(Cl)cc([N+](=O)[O-])c2O)c1O. The smallest absolute Gasteiger partial charge is 0.313 e. The van der Waals surface area contributed by atoms with Crippen LogP contribution in [0.15, 0.2) is 34.1 Å². The zero-order valence-electron chi connectivity index (χ0n) is 11.3. The molecule has 0 aromatic heterocycles. The van der Waals surface area contributed by atoms with Crippen LogP contribution in [0.5, 0.6) is 11.5 Å². The predicted molar refractivity (Wildman–Crippen MR) is 84.2 cm³/mol. The molecule has 0 unspecified atom stereocenters. The van der Waals surface area contributed by atoms with Crippen molar-refractivity contribution in [3.05, 3.63) is 54.5 Å². The van der Waals surface area contributed by atoms with Crippen molar-refractivity contribution >= 4 is 45.4 Å². The lowest BCUT2D eigenvalue weighted by molar-refractivity contribution is -0.386. The molecule has 0 amide bonds. The Morgan fingerprint density at radius 3 is 1.46 bits per heavy atom. The second-order valence-electron chi connectivity index (χ2n) is 4.33. The Hall–Kier alpha value is -2.43. The van der Waals surface area contributed by atoms with Crippen LogP contribution in [0.2, 0.25) is 10.0 Å². The van der Waals surface area contributed by atoms with Crippen molar-refractivity contribution in [2.45, 2.75) is 9.79 Å². The minimum atomic E-state index is -2.42. The van der Waals surface area contributed by atoms with Crippen LogP contribution in [-0.2, 0) is 10.8 Å². The normalized spacial score (nSPS) is 10.8. The molecule has 0 fully saturated rings. The van der Waals surface area contributed by atoms with E-state index in [1.807, 2.05) is 0 Å². The van der Waals surface area contributed by atoms with Crippen molar-refractivity contribution in [1.29, 1.82) is 0 Å². The third kappa shape index (κ3) is 3.25. The topological polar surface area (TPSA) is 144 Å². The standard InChI is InChI=1S/C12H6Cl2N2O7S/c13-5-1-7(15(19)20)11(17)9(3-5)24(23)10-4-6(14)2-8(12(10)18)16(21)22/h1-4,17-18H. The third-order valence-electron chi connectivity index (χ3n) is 2.83. The Bertz CT molecular complexity index is 832. The highest BCUT2D eigenvalue weighted by Gasteiger charge is 2.28. The van der Waals surface area contributed by atoms with E-state index in [0.29, 0.717) is 0 Å². The van der Waals surface area contributed by atoms with E-state index in [9.17, 15) is 34.7 Å². The van der Waals surface area contributed by atoms with E-state index in [2.05, 4.69) is 0 Å². The maximum atomic E-state index is 12.6.